The molecule has 0 bridgehead atoms. The number of rotatable bonds is 2. The van der Waals surface area contributed by atoms with E-state index in [1.807, 2.05) is 30.3 Å². The van der Waals surface area contributed by atoms with Crippen LogP contribution in [-0.4, -0.2) is 5.11 Å². The van der Waals surface area contributed by atoms with Gasteiger partial charge in [-0.05, 0) is 24.6 Å². The van der Waals surface area contributed by atoms with Crippen LogP contribution in [0.25, 0.3) is 22.1 Å². The number of aliphatic hydroxyl groups is 1. The van der Waals surface area contributed by atoms with Gasteiger partial charge in [-0.15, -0.1) is 0 Å². The molecule has 1 aromatic heterocycles. The summed E-state index contributed by atoms with van der Waals surface area (Å²) < 4.78 is 5.74. The Balaban J connectivity index is 2.43. The summed E-state index contributed by atoms with van der Waals surface area (Å²) in [4.78, 5) is 12.7. The Morgan fingerprint density at radius 1 is 1.00 bits per heavy atom. The minimum Gasteiger partial charge on any atom is -0.457 e. The molecule has 0 aliphatic heterocycles. The van der Waals surface area contributed by atoms with Gasteiger partial charge in [0.15, 0.2) is 0 Å². The summed E-state index contributed by atoms with van der Waals surface area (Å²) >= 11 is 0. The number of hydrogen-bond donors (Lipinski definition) is 1. The maximum Gasteiger partial charge on any atom is 0.200 e. The molecule has 1 heterocycles. The van der Waals surface area contributed by atoms with Crippen LogP contribution in [0.5, 0.6) is 0 Å². The van der Waals surface area contributed by atoms with Gasteiger partial charge in [-0.2, -0.15) is 0 Å². The van der Waals surface area contributed by atoms with Crippen molar-refractivity contribution in [3.05, 3.63) is 70.6 Å². The third kappa shape index (κ3) is 2.02. The molecule has 0 saturated heterocycles. The van der Waals surface area contributed by atoms with Crippen LogP contribution in [-0.2, 0) is 0 Å². The molecule has 0 unspecified atom stereocenters. The lowest BCUT2D eigenvalue weighted by Crippen LogP contribution is -2.10. The summed E-state index contributed by atoms with van der Waals surface area (Å²) in [5.74, 6) is 0.305. The predicted octanol–water partition coefficient (Wildman–Crippen LogP) is 3.51. The molecular formula is C17H14O3. The molecule has 0 saturated carbocycles. The minimum absolute atomic E-state index is 0.117. The number of fused-ring (bicyclic) bond motifs is 1. The second-order valence-electron chi connectivity index (χ2n) is 4.71. The van der Waals surface area contributed by atoms with Gasteiger partial charge < -0.3 is 9.52 Å². The average Bonchev–Trinajstić information content (AvgIpc) is 2.48. The Morgan fingerprint density at radius 2 is 1.65 bits per heavy atom. The van der Waals surface area contributed by atoms with Gasteiger partial charge in [-0.3, -0.25) is 4.79 Å². The van der Waals surface area contributed by atoms with Crippen molar-refractivity contribution in [3.8, 4) is 11.1 Å². The highest BCUT2D eigenvalue weighted by Crippen LogP contribution is 2.28. The highest BCUT2D eigenvalue weighted by Gasteiger charge is 2.18. The molecule has 3 nitrogen and oxygen atoms in total. The van der Waals surface area contributed by atoms with E-state index in [0.29, 0.717) is 22.3 Å². The van der Waals surface area contributed by atoms with Crippen LogP contribution >= 0.6 is 0 Å². The molecule has 0 fully saturated rings. The van der Waals surface area contributed by atoms with E-state index in [-0.39, 0.29) is 5.43 Å². The third-order valence-electron chi connectivity index (χ3n) is 3.27. The smallest absolute Gasteiger partial charge is 0.200 e. The van der Waals surface area contributed by atoms with E-state index in [9.17, 15) is 9.90 Å². The molecule has 3 aromatic rings. The topological polar surface area (TPSA) is 50.4 Å². The van der Waals surface area contributed by atoms with Crippen LogP contribution in [0.1, 0.15) is 18.8 Å². The number of aliphatic hydroxyl groups excluding tert-OH is 1. The van der Waals surface area contributed by atoms with Gasteiger partial charge in [0, 0.05) is 0 Å². The van der Waals surface area contributed by atoms with Crippen LogP contribution in [0.4, 0.5) is 0 Å². The first-order valence-corrected chi connectivity index (χ1v) is 6.47. The third-order valence-corrected chi connectivity index (χ3v) is 3.27. The van der Waals surface area contributed by atoms with E-state index in [1.165, 1.54) is 0 Å². The molecule has 0 radical (unpaired) electrons. The fraction of sp³-hybridized carbons (Fsp3) is 0.118. The molecular weight excluding hydrogens is 252 g/mol. The van der Waals surface area contributed by atoms with Crippen molar-refractivity contribution in [1.82, 2.24) is 0 Å². The fourth-order valence-corrected chi connectivity index (χ4v) is 2.33. The highest BCUT2D eigenvalue weighted by atomic mass is 16.4. The molecule has 0 spiro atoms. The number of para-hydroxylation sites is 1. The van der Waals surface area contributed by atoms with Crippen molar-refractivity contribution in [2.24, 2.45) is 0 Å². The quantitative estimate of drug-likeness (QED) is 0.772. The largest absolute Gasteiger partial charge is 0.457 e. The summed E-state index contributed by atoms with van der Waals surface area (Å²) in [5.41, 5.74) is 1.56. The lowest BCUT2D eigenvalue weighted by atomic mass is 10.0. The Hall–Kier alpha value is -2.39. The van der Waals surface area contributed by atoms with Crippen molar-refractivity contribution < 1.29 is 9.52 Å². The van der Waals surface area contributed by atoms with Gasteiger partial charge in [0.2, 0.25) is 5.43 Å². The first kappa shape index (κ1) is 12.6. The molecule has 100 valence electrons. The minimum atomic E-state index is -0.845. The van der Waals surface area contributed by atoms with Gasteiger partial charge in [0.05, 0.1) is 10.9 Å². The average molecular weight is 266 g/mol. The zero-order valence-electron chi connectivity index (χ0n) is 11.0. The van der Waals surface area contributed by atoms with Crippen molar-refractivity contribution in [1.29, 1.82) is 0 Å². The zero-order chi connectivity index (χ0) is 14.1. The lowest BCUT2D eigenvalue weighted by Gasteiger charge is -2.12. The van der Waals surface area contributed by atoms with E-state index in [2.05, 4.69) is 0 Å². The molecule has 1 atom stereocenters. The predicted molar refractivity (Wildman–Crippen MR) is 78.6 cm³/mol. The Morgan fingerprint density at radius 3 is 2.35 bits per heavy atom. The SMILES string of the molecule is C[C@@H](O)c1oc2ccccc2c(=O)c1-c1ccccc1. The van der Waals surface area contributed by atoms with Crippen LogP contribution in [0.15, 0.2) is 63.8 Å². The summed E-state index contributed by atoms with van der Waals surface area (Å²) in [6.45, 7) is 1.60. The van der Waals surface area contributed by atoms with Crippen molar-refractivity contribution in [2.75, 3.05) is 0 Å². The van der Waals surface area contributed by atoms with Gasteiger partial charge >= 0.3 is 0 Å². The van der Waals surface area contributed by atoms with Crippen molar-refractivity contribution in [2.45, 2.75) is 13.0 Å². The summed E-state index contributed by atoms with van der Waals surface area (Å²) in [6.07, 6.45) is -0.845. The molecule has 0 aliphatic rings. The van der Waals surface area contributed by atoms with Gasteiger partial charge in [-0.25, -0.2) is 0 Å². The van der Waals surface area contributed by atoms with Gasteiger partial charge in [0.1, 0.15) is 17.4 Å². The van der Waals surface area contributed by atoms with Crippen molar-refractivity contribution >= 4 is 11.0 Å². The van der Waals surface area contributed by atoms with E-state index < -0.39 is 6.10 Å². The van der Waals surface area contributed by atoms with E-state index in [4.69, 9.17) is 4.42 Å². The Bertz CT molecular complexity index is 801. The van der Waals surface area contributed by atoms with Crippen LogP contribution in [0.2, 0.25) is 0 Å². The molecule has 3 heteroatoms. The molecule has 0 aliphatic carbocycles. The van der Waals surface area contributed by atoms with Crippen LogP contribution in [0, 0.1) is 0 Å². The first-order chi connectivity index (χ1) is 9.68. The van der Waals surface area contributed by atoms with Gasteiger partial charge in [-0.1, -0.05) is 42.5 Å². The molecule has 20 heavy (non-hydrogen) atoms. The zero-order valence-corrected chi connectivity index (χ0v) is 11.0. The number of hydrogen-bond acceptors (Lipinski definition) is 3. The van der Waals surface area contributed by atoms with Crippen LogP contribution in [0.3, 0.4) is 0 Å². The van der Waals surface area contributed by atoms with E-state index in [1.54, 1.807) is 31.2 Å². The maximum atomic E-state index is 12.7. The summed E-state index contributed by atoms with van der Waals surface area (Å²) in [5, 5.41) is 10.4. The molecule has 2 aromatic carbocycles. The summed E-state index contributed by atoms with van der Waals surface area (Å²) in [7, 11) is 0. The second-order valence-corrected chi connectivity index (χ2v) is 4.71. The lowest BCUT2D eigenvalue weighted by molar-refractivity contribution is 0.171. The Labute approximate surface area is 116 Å². The normalized spacial score (nSPS) is 12.5. The van der Waals surface area contributed by atoms with Crippen LogP contribution < -0.4 is 5.43 Å². The number of benzene rings is 2. The molecule has 0 amide bonds. The van der Waals surface area contributed by atoms with E-state index >= 15 is 0 Å². The van der Waals surface area contributed by atoms with E-state index in [0.717, 1.165) is 5.56 Å². The molecule has 3 rings (SSSR count). The monoisotopic (exact) mass is 266 g/mol. The second kappa shape index (κ2) is 4.94. The Kier molecular flexibility index (Phi) is 3.12. The fourth-order valence-electron chi connectivity index (χ4n) is 2.33. The van der Waals surface area contributed by atoms with Crippen molar-refractivity contribution in [3.63, 3.8) is 0 Å². The van der Waals surface area contributed by atoms with Gasteiger partial charge in [0.25, 0.3) is 0 Å². The molecule has 1 N–H and O–H groups in total. The first-order valence-electron chi connectivity index (χ1n) is 6.47. The maximum absolute atomic E-state index is 12.7. The summed E-state index contributed by atoms with van der Waals surface area (Å²) in [6, 6.07) is 16.4. The standard InChI is InChI=1S/C17H14O3/c1-11(18)17-15(12-7-3-2-4-8-12)16(19)13-9-5-6-10-14(13)20-17/h2-11,18H,1H3/t11-/m1/s1. The highest BCUT2D eigenvalue weighted by molar-refractivity contribution is 5.82.